The lowest BCUT2D eigenvalue weighted by molar-refractivity contribution is 0.142. The topological polar surface area (TPSA) is 44.8 Å². The van der Waals surface area contributed by atoms with Gasteiger partial charge >= 0.3 is 6.03 Å². The molecule has 0 spiro atoms. The number of carbonyl (C=O) groups excluding carboxylic acids is 1. The Morgan fingerprint density at radius 1 is 1.15 bits per heavy atom. The second-order valence-electron chi connectivity index (χ2n) is 6.27. The number of nitrogens with one attached hydrogen (secondary N) is 1. The number of halogens is 3. The fourth-order valence-electron chi connectivity index (χ4n) is 3.01. The molecule has 2 aromatic carbocycles. The summed E-state index contributed by atoms with van der Waals surface area (Å²) in [5, 5.41) is 3.13. The molecule has 0 unspecified atom stereocenters. The summed E-state index contributed by atoms with van der Waals surface area (Å²) < 4.78 is 32.0. The molecule has 0 saturated carbocycles. The fraction of sp³-hybridized carbons (Fsp3) is 0.316. The van der Waals surface area contributed by atoms with E-state index in [1.165, 1.54) is 6.07 Å². The van der Waals surface area contributed by atoms with Gasteiger partial charge in [-0.2, -0.15) is 0 Å². The van der Waals surface area contributed by atoms with E-state index in [2.05, 4.69) is 10.2 Å². The molecule has 0 atom stereocenters. The maximum absolute atomic E-state index is 13.7. The van der Waals surface area contributed by atoms with E-state index < -0.39 is 17.7 Å². The molecule has 0 radical (unpaired) electrons. The van der Waals surface area contributed by atoms with Crippen molar-refractivity contribution in [1.29, 1.82) is 0 Å². The van der Waals surface area contributed by atoms with Gasteiger partial charge in [-0.3, -0.25) is 4.90 Å². The maximum Gasteiger partial charge on any atom is 0.322 e. The van der Waals surface area contributed by atoms with Gasteiger partial charge in [0.1, 0.15) is 17.4 Å². The molecule has 1 N–H and O–H groups in total. The molecule has 144 valence electrons. The summed E-state index contributed by atoms with van der Waals surface area (Å²) in [4.78, 5) is 16.1. The van der Waals surface area contributed by atoms with Crippen LogP contribution in [0.5, 0.6) is 5.75 Å². The molecule has 8 heteroatoms. The summed E-state index contributed by atoms with van der Waals surface area (Å²) in [6.45, 7) is 2.98. The first-order valence-corrected chi connectivity index (χ1v) is 8.90. The Labute approximate surface area is 161 Å². The van der Waals surface area contributed by atoms with Gasteiger partial charge in [-0.15, -0.1) is 0 Å². The molecule has 0 aliphatic carbocycles. The van der Waals surface area contributed by atoms with E-state index in [-0.39, 0.29) is 5.69 Å². The summed E-state index contributed by atoms with van der Waals surface area (Å²) in [5.74, 6) is -0.711. The second kappa shape index (κ2) is 8.54. The monoisotopic (exact) mass is 395 g/mol. The van der Waals surface area contributed by atoms with Crippen LogP contribution in [0.15, 0.2) is 36.4 Å². The van der Waals surface area contributed by atoms with Crippen LogP contribution >= 0.6 is 11.6 Å². The minimum atomic E-state index is -0.796. The summed E-state index contributed by atoms with van der Waals surface area (Å²) in [6.07, 6.45) is 0. The normalized spacial score (nSPS) is 14.9. The third kappa shape index (κ3) is 4.87. The lowest BCUT2D eigenvalue weighted by Crippen LogP contribution is -2.49. The molecule has 5 nitrogen and oxygen atoms in total. The number of anilines is 1. The number of hydrogen-bond donors (Lipinski definition) is 1. The Hall–Kier alpha value is -2.38. The largest absolute Gasteiger partial charge is 0.496 e. The van der Waals surface area contributed by atoms with Crippen LogP contribution in [0.3, 0.4) is 0 Å². The van der Waals surface area contributed by atoms with Gasteiger partial charge in [-0.05, 0) is 30.3 Å². The predicted octanol–water partition coefficient (Wildman–Crippen LogP) is 3.98. The molecule has 27 heavy (non-hydrogen) atoms. The molecule has 1 aliphatic rings. The van der Waals surface area contributed by atoms with E-state index in [1.54, 1.807) is 18.1 Å². The molecule has 1 saturated heterocycles. The van der Waals surface area contributed by atoms with Gasteiger partial charge in [-0.25, -0.2) is 13.6 Å². The second-order valence-corrected chi connectivity index (χ2v) is 6.71. The highest BCUT2D eigenvalue weighted by atomic mass is 35.5. The van der Waals surface area contributed by atoms with Crippen LogP contribution in [0.1, 0.15) is 5.56 Å². The number of amides is 2. The number of hydrogen-bond acceptors (Lipinski definition) is 3. The van der Waals surface area contributed by atoms with Crippen molar-refractivity contribution in [2.75, 3.05) is 38.6 Å². The van der Waals surface area contributed by atoms with Crippen molar-refractivity contribution in [3.8, 4) is 5.75 Å². The summed E-state index contributed by atoms with van der Waals surface area (Å²) in [5.41, 5.74) is 0.948. The lowest BCUT2D eigenvalue weighted by Gasteiger charge is -2.35. The minimum absolute atomic E-state index is 0.0347. The molecule has 2 amide bonds. The molecular weight excluding hydrogens is 376 g/mol. The van der Waals surface area contributed by atoms with Crippen LogP contribution < -0.4 is 10.1 Å². The van der Waals surface area contributed by atoms with Gasteiger partial charge in [0, 0.05) is 49.4 Å². The van der Waals surface area contributed by atoms with E-state index in [0.717, 1.165) is 23.4 Å². The maximum atomic E-state index is 13.7. The zero-order valence-corrected chi connectivity index (χ0v) is 15.6. The smallest absolute Gasteiger partial charge is 0.322 e. The minimum Gasteiger partial charge on any atom is -0.496 e. The van der Waals surface area contributed by atoms with E-state index in [0.29, 0.717) is 37.7 Å². The van der Waals surface area contributed by atoms with Crippen molar-refractivity contribution >= 4 is 23.3 Å². The zero-order valence-electron chi connectivity index (χ0n) is 14.8. The Kier molecular flexibility index (Phi) is 6.13. The van der Waals surface area contributed by atoms with Crippen molar-refractivity contribution < 1.29 is 18.3 Å². The molecule has 1 heterocycles. The Morgan fingerprint density at radius 3 is 2.56 bits per heavy atom. The number of carbonyl (C=O) groups is 1. The standard InChI is InChI=1S/C19H20ClF2N3O2/c1-27-18-5-2-14(20)10-13(18)12-24-6-8-25(9-7-24)19(26)23-17-4-3-15(21)11-16(17)22/h2-5,10-11H,6-9,12H2,1H3,(H,23,26). The summed E-state index contributed by atoms with van der Waals surface area (Å²) in [6, 6.07) is 8.14. The van der Waals surface area contributed by atoms with Gasteiger partial charge in [0.25, 0.3) is 0 Å². The number of methoxy groups -OCH3 is 1. The number of rotatable bonds is 4. The van der Waals surface area contributed by atoms with E-state index in [1.807, 2.05) is 12.1 Å². The van der Waals surface area contributed by atoms with Crippen molar-refractivity contribution in [1.82, 2.24) is 9.80 Å². The van der Waals surface area contributed by atoms with Crippen molar-refractivity contribution in [2.45, 2.75) is 6.54 Å². The van der Waals surface area contributed by atoms with Crippen LogP contribution in [-0.2, 0) is 6.54 Å². The third-order valence-electron chi connectivity index (χ3n) is 4.47. The van der Waals surface area contributed by atoms with Gasteiger partial charge < -0.3 is 15.0 Å². The van der Waals surface area contributed by atoms with Crippen LogP contribution in [-0.4, -0.2) is 49.1 Å². The first-order valence-electron chi connectivity index (χ1n) is 8.52. The van der Waals surface area contributed by atoms with Crippen LogP contribution in [0, 0.1) is 11.6 Å². The van der Waals surface area contributed by atoms with E-state index in [9.17, 15) is 13.6 Å². The SMILES string of the molecule is COc1ccc(Cl)cc1CN1CCN(C(=O)Nc2ccc(F)cc2F)CC1. The molecule has 1 fully saturated rings. The lowest BCUT2D eigenvalue weighted by atomic mass is 10.1. The van der Waals surface area contributed by atoms with E-state index in [4.69, 9.17) is 16.3 Å². The number of ether oxygens (including phenoxy) is 1. The Morgan fingerprint density at radius 2 is 1.89 bits per heavy atom. The molecule has 3 rings (SSSR count). The average Bonchev–Trinajstić information content (AvgIpc) is 2.65. The Bertz CT molecular complexity index is 827. The molecule has 0 bridgehead atoms. The highest BCUT2D eigenvalue weighted by Gasteiger charge is 2.22. The first kappa shape index (κ1) is 19.4. The molecule has 1 aliphatic heterocycles. The highest BCUT2D eigenvalue weighted by molar-refractivity contribution is 6.30. The summed E-state index contributed by atoms with van der Waals surface area (Å²) in [7, 11) is 1.61. The molecule has 0 aromatic heterocycles. The highest BCUT2D eigenvalue weighted by Crippen LogP contribution is 2.24. The quantitative estimate of drug-likeness (QED) is 0.851. The average molecular weight is 396 g/mol. The van der Waals surface area contributed by atoms with Gasteiger partial charge in [0.05, 0.1) is 12.8 Å². The van der Waals surface area contributed by atoms with Crippen molar-refractivity contribution in [3.05, 3.63) is 58.6 Å². The number of benzene rings is 2. The van der Waals surface area contributed by atoms with Crippen molar-refractivity contribution in [2.24, 2.45) is 0 Å². The number of nitrogens with zero attached hydrogens (tertiary/aromatic N) is 2. The van der Waals surface area contributed by atoms with Gasteiger partial charge in [-0.1, -0.05) is 11.6 Å². The van der Waals surface area contributed by atoms with Crippen LogP contribution in [0.25, 0.3) is 0 Å². The van der Waals surface area contributed by atoms with Crippen LogP contribution in [0.2, 0.25) is 5.02 Å². The predicted molar refractivity (Wildman–Crippen MR) is 100 cm³/mol. The first-order chi connectivity index (χ1) is 13.0. The molecular formula is C19H20ClF2N3O2. The molecule has 2 aromatic rings. The van der Waals surface area contributed by atoms with Gasteiger partial charge in [0.15, 0.2) is 0 Å². The van der Waals surface area contributed by atoms with E-state index >= 15 is 0 Å². The zero-order chi connectivity index (χ0) is 19.4. The number of urea groups is 1. The third-order valence-corrected chi connectivity index (χ3v) is 4.70. The van der Waals surface area contributed by atoms with Crippen molar-refractivity contribution in [3.63, 3.8) is 0 Å². The Balaban J connectivity index is 1.55. The summed E-state index contributed by atoms with van der Waals surface area (Å²) >= 11 is 6.07. The van der Waals surface area contributed by atoms with Crippen LogP contribution in [0.4, 0.5) is 19.3 Å². The van der Waals surface area contributed by atoms with Gasteiger partial charge in [0.2, 0.25) is 0 Å². The fourth-order valence-corrected chi connectivity index (χ4v) is 3.20. The number of piperazine rings is 1.